The molecule has 0 spiro atoms. The van der Waals surface area contributed by atoms with Crippen LogP contribution in [0.15, 0.2) is 42.6 Å². The van der Waals surface area contributed by atoms with Gasteiger partial charge in [0.15, 0.2) is 11.6 Å². The highest BCUT2D eigenvalue weighted by atomic mass is 16.5. The van der Waals surface area contributed by atoms with Crippen molar-refractivity contribution in [1.29, 1.82) is 0 Å². The molecule has 2 rings (SSSR count). The molecule has 0 saturated carbocycles. The molecular formula is C18H22N2O2. The third kappa shape index (κ3) is 4.58. The first-order chi connectivity index (χ1) is 10.7. The second-order valence-corrected chi connectivity index (χ2v) is 5.22. The maximum Gasteiger partial charge on any atom is 0.225 e. The first kappa shape index (κ1) is 16.0. The van der Waals surface area contributed by atoms with Crippen LogP contribution in [-0.2, 0) is 11.4 Å². The molecule has 4 nitrogen and oxygen atoms in total. The van der Waals surface area contributed by atoms with E-state index in [4.69, 9.17) is 4.74 Å². The lowest BCUT2D eigenvalue weighted by Gasteiger charge is -2.12. The van der Waals surface area contributed by atoms with E-state index in [9.17, 15) is 4.79 Å². The minimum Gasteiger partial charge on any atom is -0.485 e. The number of aryl methyl sites for hydroxylation is 1. The minimum atomic E-state index is -0.0266. The Labute approximate surface area is 131 Å². The maximum absolute atomic E-state index is 11.8. The molecule has 1 N–H and O–H groups in total. The summed E-state index contributed by atoms with van der Waals surface area (Å²) in [7, 11) is 0. The van der Waals surface area contributed by atoms with Crippen molar-refractivity contribution in [3.05, 3.63) is 53.7 Å². The topological polar surface area (TPSA) is 51.2 Å². The van der Waals surface area contributed by atoms with Crippen molar-refractivity contribution in [2.24, 2.45) is 0 Å². The highest BCUT2D eigenvalue weighted by Gasteiger charge is 2.09. The van der Waals surface area contributed by atoms with Crippen LogP contribution in [-0.4, -0.2) is 10.9 Å². The molecule has 0 aliphatic heterocycles. The van der Waals surface area contributed by atoms with E-state index in [0.29, 0.717) is 24.6 Å². The van der Waals surface area contributed by atoms with E-state index in [1.54, 1.807) is 12.3 Å². The number of pyridine rings is 1. The number of unbranched alkanes of at least 4 members (excludes halogenated alkanes) is 1. The summed E-state index contributed by atoms with van der Waals surface area (Å²) in [5.74, 6) is 1.05. The molecule has 0 radical (unpaired) electrons. The van der Waals surface area contributed by atoms with Crippen LogP contribution in [0.3, 0.4) is 0 Å². The molecular weight excluding hydrogens is 276 g/mol. The summed E-state index contributed by atoms with van der Waals surface area (Å²) in [5.41, 5.74) is 2.30. The summed E-state index contributed by atoms with van der Waals surface area (Å²) in [5, 5.41) is 2.82. The Kier molecular flexibility index (Phi) is 5.95. The fourth-order valence-electron chi connectivity index (χ4n) is 2.06. The molecule has 0 unspecified atom stereocenters. The van der Waals surface area contributed by atoms with Crippen molar-refractivity contribution >= 4 is 11.7 Å². The highest BCUT2D eigenvalue weighted by molar-refractivity contribution is 5.91. The average molecular weight is 298 g/mol. The highest BCUT2D eigenvalue weighted by Crippen LogP contribution is 2.23. The summed E-state index contributed by atoms with van der Waals surface area (Å²) < 4.78 is 5.83. The van der Waals surface area contributed by atoms with Crippen molar-refractivity contribution in [3.63, 3.8) is 0 Å². The van der Waals surface area contributed by atoms with Gasteiger partial charge in [-0.25, -0.2) is 4.98 Å². The van der Waals surface area contributed by atoms with Gasteiger partial charge in [-0.2, -0.15) is 0 Å². The third-order valence-electron chi connectivity index (χ3n) is 3.43. The number of rotatable bonds is 7. The number of benzene rings is 1. The van der Waals surface area contributed by atoms with Gasteiger partial charge in [0.25, 0.3) is 0 Å². The molecule has 1 aromatic carbocycles. The number of ether oxygens (including phenoxy) is 1. The molecule has 116 valence electrons. The van der Waals surface area contributed by atoms with E-state index >= 15 is 0 Å². The second-order valence-electron chi connectivity index (χ2n) is 5.22. The number of nitrogens with zero attached hydrogens (tertiary/aromatic N) is 1. The number of hydrogen-bond donors (Lipinski definition) is 1. The lowest BCUT2D eigenvalue weighted by molar-refractivity contribution is -0.116. The fourth-order valence-corrected chi connectivity index (χ4v) is 2.06. The number of carbonyl (C=O) groups is 1. The molecule has 1 amide bonds. The van der Waals surface area contributed by atoms with Crippen molar-refractivity contribution in [3.8, 4) is 5.75 Å². The predicted octanol–water partition coefficient (Wildman–Crippen LogP) is 4.10. The van der Waals surface area contributed by atoms with Crippen LogP contribution in [0.25, 0.3) is 0 Å². The Balaban J connectivity index is 2.02. The average Bonchev–Trinajstić information content (AvgIpc) is 2.53. The molecule has 1 aromatic heterocycles. The quantitative estimate of drug-likeness (QED) is 0.837. The molecule has 4 heteroatoms. The standard InChI is InChI=1S/C18H22N2O2/c1-3-4-11-17(21)20-18-16(10-7-12-19-18)22-13-15-9-6-5-8-14(15)2/h5-10,12H,3-4,11,13H2,1-2H3,(H,19,20,21). The summed E-state index contributed by atoms with van der Waals surface area (Å²) in [6.45, 7) is 4.57. The fraction of sp³-hybridized carbons (Fsp3) is 0.333. The number of aromatic nitrogens is 1. The van der Waals surface area contributed by atoms with Crippen molar-refractivity contribution in [2.45, 2.75) is 39.7 Å². The molecule has 0 fully saturated rings. The third-order valence-corrected chi connectivity index (χ3v) is 3.43. The van der Waals surface area contributed by atoms with Crippen LogP contribution in [0, 0.1) is 6.92 Å². The molecule has 0 atom stereocenters. The second kappa shape index (κ2) is 8.17. The van der Waals surface area contributed by atoms with E-state index in [-0.39, 0.29) is 5.91 Å². The van der Waals surface area contributed by atoms with Crippen molar-refractivity contribution in [1.82, 2.24) is 4.98 Å². The molecule has 1 heterocycles. The normalized spacial score (nSPS) is 10.3. The number of nitrogens with one attached hydrogen (secondary N) is 1. The van der Waals surface area contributed by atoms with Gasteiger partial charge in [-0.3, -0.25) is 4.79 Å². The van der Waals surface area contributed by atoms with E-state index in [0.717, 1.165) is 18.4 Å². The van der Waals surface area contributed by atoms with E-state index in [2.05, 4.69) is 30.2 Å². The van der Waals surface area contributed by atoms with E-state index in [1.165, 1.54) is 5.56 Å². The van der Waals surface area contributed by atoms with Gasteiger partial charge in [0.1, 0.15) is 6.61 Å². The van der Waals surface area contributed by atoms with Crippen LogP contribution >= 0.6 is 0 Å². The van der Waals surface area contributed by atoms with Gasteiger partial charge >= 0.3 is 0 Å². The minimum absolute atomic E-state index is 0.0266. The first-order valence-electron chi connectivity index (χ1n) is 7.63. The molecule has 2 aromatic rings. The van der Waals surface area contributed by atoms with E-state index in [1.807, 2.05) is 24.3 Å². The smallest absolute Gasteiger partial charge is 0.225 e. The van der Waals surface area contributed by atoms with Gasteiger partial charge in [-0.15, -0.1) is 0 Å². The maximum atomic E-state index is 11.8. The van der Waals surface area contributed by atoms with Crippen LogP contribution < -0.4 is 10.1 Å². The zero-order valence-electron chi connectivity index (χ0n) is 13.1. The monoisotopic (exact) mass is 298 g/mol. The molecule has 0 aliphatic rings. The van der Waals surface area contributed by atoms with Crippen molar-refractivity contribution in [2.75, 3.05) is 5.32 Å². The van der Waals surface area contributed by atoms with Gasteiger partial charge in [0, 0.05) is 12.6 Å². The summed E-state index contributed by atoms with van der Waals surface area (Å²) >= 11 is 0. The Morgan fingerprint density at radius 3 is 2.82 bits per heavy atom. The Hall–Kier alpha value is -2.36. The zero-order chi connectivity index (χ0) is 15.8. The molecule has 0 bridgehead atoms. The number of hydrogen-bond acceptors (Lipinski definition) is 3. The van der Waals surface area contributed by atoms with Crippen LogP contribution in [0.1, 0.15) is 37.3 Å². The summed E-state index contributed by atoms with van der Waals surface area (Å²) in [6.07, 6.45) is 4.02. The lowest BCUT2D eigenvalue weighted by atomic mass is 10.1. The Morgan fingerprint density at radius 2 is 2.05 bits per heavy atom. The predicted molar refractivity (Wildman–Crippen MR) is 87.9 cm³/mol. The lowest BCUT2D eigenvalue weighted by Crippen LogP contribution is -2.13. The molecule has 0 saturated heterocycles. The largest absolute Gasteiger partial charge is 0.485 e. The Bertz CT molecular complexity index is 626. The van der Waals surface area contributed by atoms with Gasteiger partial charge in [0.05, 0.1) is 0 Å². The van der Waals surface area contributed by atoms with Gasteiger partial charge in [-0.1, -0.05) is 37.6 Å². The van der Waals surface area contributed by atoms with Gasteiger partial charge in [0.2, 0.25) is 5.91 Å². The number of amides is 1. The summed E-state index contributed by atoms with van der Waals surface area (Å²) in [4.78, 5) is 16.0. The SMILES string of the molecule is CCCCC(=O)Nc1ncccc1OCc1ccccc1C. The number of carbonyl (C=O) groups excluding carboxylic acids is 1. The Morgan fingerprint density at radius 1 is 1.23 bits per heavy atom. The first-order valence-corrected chi connectivity index (χ1v) is 7.63. The summed E-state index contributed by atoms with van der Waals surface area (Å²) in [6, 6.07) is 11.7. The van der Waals surface area contributed by atoms with Crippen LogP contribution in [0.5, 0.6) is 5.75 Å². The molecule has 0 aliphatic carbocycles. The van der Waals surface area contributed by atoms with Gasteiger partial charge in [-0.05, 0) is 36.6 Å². The van der Waals surface area contributed by atoms with Crippen LogP contribution in [0.4, 0.5) is 5.82 Å². The zero-order valence-corrected chi connectivity index (χ0v) is 13.1. The van der Waals surface area contributed by atoms with Crippen molar-refractivity contribution < 1.29 is 9.53 Å². The molecule has 22 heavy (non-hydrogen) atoms. The number of anilines is 1. The van der Waals surface area contributed by atoms with Crippen LogP contribution in [0.2, 0.25) is 0 Å². The van der Waals surface area contributed by atoms with Gasteiger partial charge < -0.3 is 10.1 Å². The van der Waals surface area contributed by atoms with E-state index < -0.39 is 0 Å².